The van der Waals surface area contributed by atoms with E-state index in [0.29, 0.717) is 5.65 Å². The second kappa shape index (κ2) is 6.31. The van der Waals surface area contributed by atoms with Gasteiger partial charge in [-0.1, -0.05) is 38.1 Å². The first-order valence-electron chi connectivity index (χ1n) is 7.91. The number of para-hydroxylation sites is 1. The summed E-state index contributed by atoms with van der Waals surface area (Å²) >= 11 is 0. The van der Waals surface area contributed by atoms with Crippen LogP contribution < -0.4 is 11.0 Å². The summed E-state index contributed by atoms with van der Waals surface area (Å²) in [6.07, 6.45) is 1.64. The Morgan fingerprint density at radius 2 is 2.00 bits per heavy atom. The van der Waals surface area contributed by atoms with E-state index in [1.165, 1.54) is 9.08 Å². The fraction of sp³-hybridized carbons (Fsp3) is 0.278. The Morgan fingerprint density at radius 1 is 1.21 bits per heavy atom. The lowest BCUT2D eigenvalue weighted by Crippen LogP contribution is -2.28. The van der Waals surface area contributed by atoms with Gasteiger partial charge in [0.15, 0.2) is 5.65 Å². The van der Waals surface area contributed by atoms with E-state index < -0.39 is 0 Å². The van der Waals surface area contributed by atoms with Gasteiger partial charge >= 0.3 is 5.69 Å². The topological polar surface area (TPSA) is 68.4 Å². The van der Waals surface area contributed by atoms with Crippen LogP contribution in [-0.2, 0) is 11.3 Å². The Morgan fingerprint density at radius 3 is 2.71 bits per heavy atom. The van der Waals surface area contributed by atoms with Gasteiger partial charge in [-0.15, -0.1) is 5.10 Å². The van der Waals surface area contributed by atoms with Gasteiger partial charge < -0.3 is 5.32 Å². The first-order chi connectivity index (χ1) is 11.5. The number of fused-ring (bicyclic) bond motifs is 1. The highest BCUT2D eigenvalue weighted by atomic mass is 16.2. The highest BCUT2D eigenvalue weighted by molar-refractivity contribution is 5.92. The number of aryl methyl sites for hydroxylation is 1. The molecule has 0 atom stereocenters. The van der Waals surface area contributed by atoms with Gasteiger partial charge in [0.25, 0.3) is 0 Å². The lowest BCUT2D eigenvalue weighted by molar-refractivity contribution is -0.117. The standard InChI is InChI=1S/C18H20N4O2/c1-12(2)14-8-6-7-13(3)17(14)19-16(23)11-22-18(24)21-10-5-4-9-15(21)20-22/h4-10,12H,11H2,1-3H3,(H,19,23). The van der Waals surface area contributed by atoms with Crippen molar-refractivity contribution >= 4 is 17.2 Å². The molecule has 2 aromatic heterocycles. The van der Waals surface area contributed by atoms with Crippen molar-refractivity contribution in [3.05, 3.63) is 64.2 Å². The van der Waals surface area contributed by atoms with Crippen molar-refractivity contribution in [3.8, 4) is 0 Å². The molecule has 1 N–H and O–H groups in total. The maximum atomic E-state index is 12.4. The van der Waals surface area contributed by atoms with E-state index in [9.17, 15) is 9.59 Å². The maximum Gasteiger partial charge on any atom is 0.350 e. The summed E-state index contributed by atoms with van der Waals surface area (Å²) in [5.41, 5.74) is 3.08. The fourth-order valence-corrected chi connectivity index (χ4v) is 2.73. The van der Waals surface area contributed by atoms with Gasteiger partial charge in [0, 0.05) is 11.9 Å². The Labute approximate surface area is 139 Å². The number of amides is 1. The fourth-order valence-electron chi connectivity index (χ4n) is 2.73. The van der Waals surface area contributed by atoms with Crippen LogP contribution in [0.4, 0.5) is 5.69 Å². The van der Waals surface area contributed by atoms with Crippen molar-refractivity contribution in [2.45, 2.75) is 33.2 Å². The number of pyridine rings is 1. The van der Waals surface area contributed by atoms with Crippen LogP contribution in [0.5, 0.6) is 0 Å². The molecule has 1 amide bonds. The second-order valence-electron chi connectivity index (χ2n) is 6.11. The molecule has 0 radical (unpaired) electrons. The summed E-state index contributed by atoms with van der Waals surface area (Å²) in [7, 11) is 0. The van der Waals surface area contributed by atoms with Crippen LogP contribution in [0.3, 0.4) is 0 Å². The molecule has 3 aromatic rings. The monoisotopic (exact) mass is 324 g/mol. The Bertz CT molecular complexity index is 953. The van der Waals surface area contributed by atoms with Crippen molar-refractivity contribution in [3.63, 3.8) is 0 Å². The summed E-state index contributed by atoms with van der Waals surface area (Å²) in [6, 6.07) is 11.2. The quantitative estimate of drug-likeness (QED) is 0.802. The highest BCUT2D eigenvalue weighted by Gasteiger charge is 2.14. The zero-order valence-electron chi connectivity index (χ0n) is 14.0. The van der Waals surface area contributed by atoms with Gasteiger partial charge in [-0.25, -0.2) is 9.48 Å². The largest absolute Gasteiger partial charge is 0.350 e. The summed E-state index contributed by atoms with van der Waals surface area (Å²) in [5, 5.41) is 7.11. The molecule has 24 heavy (non-hydrogen) atoms. The van der Waals surface area contributed by atoms with Crippen LogP contribution in [0, 0.1) is 6.92 Å². The number of carbonyl (C=O) groups is 1. The average Bonchev–Trinajstić information content (AvgIpc) is 2.85. The summed E-state index contributed by atoms with van der Waals surface area (Å²) in [5.74, 6) is 0.0230. The van der Waals surface area contributed by atoms with Crippen LogP contribution in [0.1, 0.15) is 30.9 Å². The Hall–Kier alpha value is -2.89. The van der Waals surface area contributed by atoms with Crippen molar-refractivity contribution in [2.75, 3.05) is 5.32 Å². The number of carbonyl (C=O) groups excluding carboxylic acids is 1. The van der Waals surface area contributed by atoms with Gasteiger partial charge in [-0.3, -0.25) is 9.20 Å². The second-order valence-corrected chi connectivity index (χ2v) is 6.11. The molecule has 0 aliphatic carbocycles. The third kappa shape index (κ3) is 2.95. The minimum Gasteiger partial charge on any atom is -0.324 e. The van der Waals surface area contributed by atoms with Gasteiger partial charge in [0.05, 0.1) is 0 Å². The third-order valence-electron chi connectivity index (χ3n) is 3.97. The van der Waals surface area contributed by atoms with E-state index in [0.717, 1.165) is 16.8 Å². The van der Waals surface area contributed by atoms with Crippen molar-refractivity contribution in [1.29, 1.82) is 0 Å². The van der Waals surface area contributed by atoms with Gasteiger partial charge in [0.2, 0.25) is 5.91 Å². The van der Waals surface area contributed by atoms with E-state index >= 15 is 0 Å². The smallest absolute Gasteiger partial charge is 0.324 e. The number of hydrogen-bond donors (Lipinski definition) is 1. The molecular weight excluding hydrogens is 304 g/mol. The van der Waals surface area contributed by atoms with Gasteiger partial charge in [0.1, 0.15) is 6.54 Å². The lowest BCUT2D eigenvalue weighted by atomic mass is 9.98. The molecule has 6 nitrogen and oxygen atoms in total. The van der Waals surface area contributed by atoms with Gasteiger partial charge in [-0.05, 0) is 36.1 Å². The van der Waals surface area contributed by atoms with Gasteiger partial charge in [-0.2, -0.15) is 0 Å². The normalized spacial score (nSPS) is 11.2. The number of nitrogens with zero attached hydrogens (tertiary/aromatic N) is 3. The Kier molecular flexibility index (Phi) is 4.20. The van der Waals surface area contributed by atoms with E-state index in [-0.39, 0.29) is 24.1 Å². The number of aromatic nitrogens is 3. The average molecular weight is 324 g/mol. The minimum atomic E-state index is -0.324. The van der Waals surface area contributed by atoms with E-state index in [4.69, 9.17) is 0 Å². The van der Waals surface area contributed by atoms with E-state index in [2.05, 4.69) is 24.3 Å². The first-order valence-corrected chi connectivity index (χ1v) is 7.91. The number of nitrogens with one attached hydrogen (secondary N) is 1. The molecule has 0 unspecified atom stereocenters. The molecule has 0 aliphatic rings. The molecule has 0 saturated carbocycles. The highest BCUT2D eigenvalue weighted by Crippen LogP contribution is 2.27. The molecule has 0 fully saturated rings. The summed E-state index contributed by atoms with van der Waals surface area (Å²) < 4.78 is 2.60. The predicted octanol–water partition coefficient (Wildman–Crippen LogP) is 2.57. The van der Waals surface area contributed by atoms with Crippen LogP contribution in [0.25, 0.3) is 5.65 Å². The zero-order valence-corrected chi connectivity index (χ0v) is 14.0. The van der Waals surface area contributed by atoms with E-state index in [1.807, 2.05) is 25.1 Å². The first kappa shape index (κ1) is 16.0. The van der Waals surface area contributed by atoms with Crippen molar-refractivity contribution < 1.29 is 4.79 Å². The number of hydrogen-bond acceptors (Lipinski definition) is 3. The predicted molar refractivity (Wildman–Crippen MR) is 93.3 cm³/mol. The lowest BCUT2D eigenvalue weighted by Gasteiger charge is -2.16. The van der Waals surface area contributed by atoms with E-state index in [1.54, 1.807) is 24.4 Å². The zero-order chi connectivity index (χ0) is 17.3. The molecule has 0 saturated heterocycles. The number of anilines is 1. The van der Waals surface area contributed by atoms with Crippen molar-refractivity contribution in [1.82, 2.24) is 14.2 Å². The molecule has 1 aromatic carbocycles. The van der Waals surface area contributed by atoms with Crippen LogP contribution in [-0.4, -0.2) is 20.1 Å². The Balaban J connectivity index is 1.86. The number of rotatable bonds is 4. The SMILES string of the molecule is Cc1cccc(C(C)C)c1NC(=O)Cn1nc2ccccn2c1=O. The molecule has 2 heterocycles. The number of benzene rings is 1. The molecular formula is C18H20N4O2. The molecule has 0 bridgehead atoms. The molecule has 0 aliphatic heterocycles. The third-order valence-corrected chi connectivity index (χ3v) is 3.97. The molecule has 6 heteroatoms. The summed E-state index contributed by atoms with van der Waals surface area (Å²) in [6.45, 7) is 6.00. The molecule has 124 valence electrons. The minimum absolute atomic E-state index is 0.119. The van der Waals surface area contributed by atoms with Crippen LogP contribution in [0.15, 0.2) is 47.4 Å². The van der Waals surface area contributed by atoms with Crippen LogP contribution in [0.2, 0.25) is 0 Å². The van der Waals surface area contributed by atoms with Crippen molar-refractivity contribution in [2.24, 2.45) is 0 Å². The molecule has 0 spiro atoms. The van der Waals surface area contributed by atoms with Crippen LogP contribution >= 0.6 is 0 Å². The molecule has 3 rings (SSSR count). The maximum absolute atomic E-state index is 12.4. The summed E-state index contributed by atoms with van der Waals surface area (Å²) in [4.78, 5) is 24.7.